The Hall–Kier alpha value is -0.870. The first-order valence-electron chi connectivity index (χ1n) is 6.53. The maximum atomic E-state index is 5.13. The summed E-state index contributed by atoms with van der Waals surface area (Å²) in [5.41, 5.74) is 2.20. The Morgan fingerprint density at radius 1 is 1.24 bits per heavy atom. The Labute approximate surface area is 104 Å². The van der Waals surface area contributed by atoms with Crippen LogP contribution in [0.2, 0.25) is 0 Å². The van der Waals surface area contributed by atoms with Crippen molar-refractivity contribution in [1.29, 1.82) is 0 Å². The number of hydrogen-bond acceptors (Lipinski definition) is 4. The van der Waals surface area contributed by atoms with Crippen LogP contribution in [0.1, 0.15) is 37.3 Å². The predicted octanol–water partition coefficient (Wildman–Crippen LogP) is 2.11. The number of aryl methyl sites for hydroxylation is 2. The van der Waals surface area contributed by atoms with Crippen molar-refractivity contribution in [2.45, 2.75) is 40.7 Å². The van der Waals surface area contributed by atoms with Gasteiger partial charge in [0.1, 0.15) is 5.76 Å². The minimum atomic E-state index is 0.861. The van der Waals surface area contributed by atoms with E-state index in [0.29, 0.717) is 0 Å². The average molecular weight is 239 g/mol. The van der Waals surface area contributed by atoms with Crippen LogP contribution in [0.5, 0.6) is 0 Å². The molecule has 98 valence electrons. The Morgan fingerprint density at radius 3 is 2.47 bits per heavy atom. The van der Waals surface area contributed by atoms with Crippen LogP contribution in [0, 0.1) is 13.8 Å². The highest BCUT2D eigenvalue weighted by Gasteiger charge is 2.07. The van der Waals surface area contributed by atoms with Gasteiger partial charge < -0.3 is 14.7 Å². The second kappa shape index (κ2) is 7.45. The highest BCUT2D eigenvalue weighted by molar-refractivity contribution is 5.20. The van der Waals surface area contributed by atoms with E-state index in [1.165, 1.54) is 18.5 Å². The van der Waals surface area contributed by atoms with Gasteiger partial charge in [0.2, 0.25) is 0 Å². The first-order chi connectivity index (χ1) is 8.19. The van der Waals surface area contributed by atoms with Gasteiger partial charge in [-0.3, -0.25) is 0 Å². The van der Waals surface area contributed by atoms with Crippen molar-refractivity contribution in [2.75, 3.05) is 26.2 Å². The molecule has 0 amide bonds. The van der Waals surface area contributed by atoms with E-state index in [1.807, 2.05) is 13.8 Å². The van der Waals surface area contributed by atoms with Crippen LogP contribution in [0.15, 0.2) is 4.52 Å². The number of nitrogens with one attached hydrogen (secondary N) is 1. The van der Waals surface area contributed by atoms with E-state index in [4.69, 9.17) is 4.52 Å². The molecule has 0 atom stereocenters. The van der Waals surface area contributed by atoms with Gasteiger partial charge in [-0.05, 0) is 46.4 Å². The summed E-state index contributed by atoms with van der Waals surface area (Å²) in [6, 6.07) is 0. The van der Waals surface area contributed by atoms with Crippen LogP contribution in [0.4, 0.5) is 0 Å². The molecule has 0 unspecified atom stereocenters. The van der Waals surface area contributed by atoms with Gasteiger partial charge in [-0.2, -0.15) is 0 Å². The molecule has 0 aliphatic rings. The van der Waals surface area contributed by atoms with Crippen molar-refractivity contribution in [3.8, 4) is 0 Å². The van der Waals surface area contributed by atoms with Gasteiger partial charge in [-0.1, -0.05) is 19.0 Å². The highest BCUT2D eigenvalue weighted by atomic mass is 16.5. The van der Waals surface area contributed by atoms with Crippen molar-refractivity contribution in [1.82, 2.24) is 15.4 Å². The molecule has 0 radical (unpaired) electrons. The van der Waals surface area contributed by atoms with Gasteiger partial charge in [0.15, 0.2) is 0 Å². The van der Waals surface area contributed by atoms with Crippen molar-refractivity contribution in [3.05, 3.63) is 17.0 Å². The normalized spacial score (nSPS) is 11.4. The second-order valence-corrected chi connectivity index (χ2v) is 4.36. The Balaban J connectivity index is 2.16. The van der Waals surface area contributed by atoms with E-state index in [0.717, 1.165) is 37.6 Å². The zero-order valence-corrected chi connectivity index (χ0v) is 11.5. The summed E-state index contributed by atoms with van der Waals surface area (Å²) in [5.74, 6) is 0.929. The molecule has 0 aliphatic carbocycles. The molecular weight excluding hydrogens is 214 g/mol. The second-order valence-electron chi connectivity index (χ2n) is 4.36. The van der Waals surface area contributed by atoms with Crippen LogP contribution >= 0.6 is 0 Å². The van der Waals surface area contributed by atoms with Crippen molar-refractivity contribution < 1.29 is 4.52 Å². The molecular formula is C13H25N3O. The lowest BCUT2D eigenvalue weighted by molar-refractivity contribution is 0.298. The largest absolute Gasteiger partial charge is 0.361 e. The molecule has 1 N–H and O–H groups in total. The monoisotopic (exact) mass is 239 g/mol. The minimum absolute atomic E-state index is 0.861. The van der Waals surface area contributed by atoms with Gasteiger partial charge in [0, 0.05) is 12.1 Å². The van der Waals surface area contributed by atoms with Crippen molar-refractivity contribution in [2.24, 2.45) is 0 Å². The molecule has 0 spiro atoms. The molecule has 0 saturated carbocycles. The van der Waals surface area contributed by atoms with Gasteiger partial charge in [0.25, 0.3) is 0 Å². The van der Waals surface area contributed by atoms with E-state index in [-0.39, 0.29) is 0 Å². The lowest BCUT2D eigenvalue weighted by Crippen LogP contribution is -2.27. The summed E-state index contributed by atoms with van der Waals surface area (Å²) in [7, 11) is 0. The maximum Gasteiger partial charge on any atom is 0.138 e. The average Bonchev–Trinajstić information content (AvgIpc) is 2.65. The number of nitrogens with zero attached hydrogens (tertiary/aromatic N) is 2. The molecule has 0 saturated heterocycles. The minimum Gasteiger partial charge on any atom is -0.361 e. The molecule has 0 aromatic carbocycles. The first-order valence-corrected chi connectivity index (χ1v) is 6.53. The predicted molar refractivity (Wildman–Crippen MR) is 70.1 cm³/mol. The third-order valence-electron chi connectivity index (χ3n) is 3.21. The van der Waals surface area contributed by atoms with E-state index in [9.17, 15) is 0 Å². The Bertz CT molecular complexity index is 299. The molecule has 17 heavy (non-hydrogen) atoms. The zero-order valence-electron chi connectivity index (χ0n) is 11.5. The summed E-state index contributed by atoms with van der Waals surface area (Å²) in [6.07, 6.45) is 1.19. The van der Waals surface area contributed by atoms with Gasteiger partial charge in [-0.15, -0.1) is 0 Å². The van der Waals surface area contributed by atoms with E-state index >= 15 is 0 Å². The van der Waals surface area contributed by atoms with Crippen LogP contribution < -0.4 is 5.32 Å². The first kappa shape index (κ1) is 14.2. The fraction of sp³-hybridized carbons (Fsp3) is 0.769. The highest BCUT2D eigenvalue weighted by Crippen LogP contribution is 2.11. The van der Waals surface area contributed by atoms with Crippen molar-refractivity contribution >= 4 is 0 Å². The molecule has 0 aliphatic heterocycles. The van der Waals surface area contributed by atoms with Crippen LogP contribution in [-0.4, -0.2) is 36.2 Å². The number of rotatable bonds is 8. The van der Waals surface area contributed by atoms with Gasteiger partial charge >= 0.3 is 0 Å². The van der Waals surface area contributed by atoms with Gasteiger partial charge in [-0.25, -0.2) is 0 Å². The molecule has 0 bridgehead atoms. The fourth-order valence-electron chi connectivity index (χ4n) is 1.94. The van der Waals surface area contributed by atoms with Crippen LogP contribution in [0.25, 0.3) is 0 Å². The number of hydrogen-bond donors (Lipinski definition) is 1. The standard InChI is InChI=1S/C13H25N3O/c1-5-16(6-2)9-7-8-14-10-13-11(3)15-17-12(13)4/h14H,5-10H2,1-4H3. The summed E-state index contributed by atoms with van der Waals surface area (Å²) in [6.45, 7) is 13.7. The topological polar surface area (TPSA) is 41.3 Å². The summed E-state index contributed by atoms with van der Waals surface area (Å²) in [4.78, 5) is 2.44. The molecule has 1 heterocycles. The zero-order chi connectivity index (χ0) is 12.7. The molecule has 4 nitrogen and oxygen atoms in total. The SMILES string of the molecule is CCN(CC)CCCNCc1c(C)noc1C. The lowest BCUT2D eigenvalue weighted by Gasteiger charge is -2.17. The van der Waals surface area contributed by atoms with Gasteiger partial charge in [0.05, 0.1) is 5.69 Å². The van der Waals surface area contributed by atoms with E-state index in [1.54, 1.807) is 0 Å². The summed E-state index contributed by atoms with van der Waals surface area (Å²) in [5, 5.41) is 7.39. The number of aromatic nitrogens is 1. The lowest BCUT2D eigenvalue weighted by atomic mass is 10.2. The van der Waals surface area contributed by atoms with Crippen LogP contribution in [0.3, 0.4) is 0 Å². The van der Waals surface area contributed by atoms with Crippen LogP contribution in [-0.2, 0) is 6.54 Å². The van der Waals surface area contributed by atoms with E-state index in [2.05, 4.69) is 29.2 Å². The Kier molecular flexibility index (Phi) is 6.22. The fourth-order valence-corrected chi connectivity index (χ4v) is 1.94. The summed E-state index contributed by atoms with van der Waals surface area (Å²) < 4.78 is 5.13. The summed E-state index contributed by atoms with van der Waals surface area (Å²) >= 11 is 0. The van der Waals surface area contributed by atoms with E-state index < -0.39 is 0 Å². The molecule has 1 rings (SSSR count). The van der Waals surface area contributed by atoms with Crippen molar-refractivity contribution in [3.63, 3.8) is 0 Å². The third-order valence-corrected chi connectivity index (χ3v) is 3.21. The molecule has 1 aromatic rings. The quantitative estimate of drug-likeness (QED) is 0.705. The molecule has 1 aromatic heterocycles. The maximum absolute atomic E-state index is 5.13. The smallest absolute Gasteiger partial charge is 0.138 e. The third kappa shape index (κ3) is 4.48. The molecule has 4 heteroatoms. The Morgan fingerprint density at radius 2 is 1.94 bits per heavy atom. The molecule has 0 fully saturated rings.